The Balaban J connectivity index is 3.65. The van der Waals surface area contributed by atoms with Crippen molar-refractivity contribution in [3.63, 3.8) is 0 Å². The van der Waals surface area contributed by atoms with Crippen molar-refractivity contribution in [3.05, 3.63) is 0 Å². The van der Waals surface area contributed by atoms with E-state index in [-0.39, 0.29) is 5.75 Å². The second-order valence-corrected chi connectivity index (χ2v) is 4.49. The molecule has 3 heteroatoms. The zero-order chi connectivity index (χ0) is 10.3. The summed E-state index contributed by atoms with van der Waals surface area (Å²) in [6, 6.07) is 0. The Morgan fingerprint density at radius 1 is 1.38 bits per heavy atom. The van der Waals surface area contributed by atoms with E-state index in [9.17, 15) is 4.79 Å². The van der Waals surface area contributed by atoms with Gasteiger partial charge in [-0.1, -0.05) is 33.6 Å². The minimum Gasteiger partial charge on any atom is -0.481 e. The molecule has 2 nitrogen and oxygen atoms in total. The number of carboxylic acid groups (broad SMARTS) is 1. The minimum atomic E-state index is -0.705. The van der Waals surface area contributed by atoms with Crippen molar-refractivity contribution in [2.75, 3.05) is 11.5 Å². The van der Waals surface area contributed by atoms with E-state index in [1.807, 2.05) is 0 Å². The molecule has 0 aliphatic rings. The van der Waals surface area contributed by atoms with E-state index in [2.05, 4.69) is 20.8 Å². The quantitative estimate of drug-likeness (QED) is 0.693. The largest absolute Gasteiger partial charge is 0.481 e. The number of carboxylic acids is 1. The number of carbonyl (C=O) groups is 1. The molecule has 0 saturated carbocycles. The molecule has 0 radical (unpaired) electrons. The van der Waals surface area contributed by atoms with Gasteiger partial charge in [0, 0.05) is 0 Å². The number of aliphatic carboxylic acids is 1. The average Bonchev–Trinajstić information content (AvgIpc) is 2.11. The normalized spacial score (nSPS) is 15.3. The molecule has 0 aromatic heterocycles. The molecule has 2 unspecified atom stereocenters. The summed E-state index contributed by atoms with van der Waals surface area (Å²) in [7, 11) is 0. The third-order valence-corrected chi connectivity index (χ3v) is 3.65. The van der Waals surface area contributed by atoms with Crippen LogP contribution in [-0.2, 0) is 4.79 Å². The molecule has 0 aliphatic carbocycles. The van der Waals surface area contributed by atoms with Gasteiger partial charge in [0.15, 0.2) is 0 Å². The van der Waals surface area contributed by atoms with Crippen LogP contribution in [-0.4, -0.2) is 22.6 Å². The summed E-state index contributed by atoms with van der Waals surface area (Å²) in [5.41, 5.74) is 0. The van der Waals surface area contributed by atoms with E-state index in [1.54, 1.807) is 0 Å². The molecule has 2 atom stereocenters. The molecule has 0 fully saturated rings. The lowest BCUT2D eigenvalue weighted by Gasteiger charge is -2.20. The molecule has 0 heterocycles. The molecule has 0 saturated heterocycles. The van der Waals surface area contributed by atoms with Crippen LogP contribution in [0.3, 0.4) is 0 Å². The molecule has 0 rings (SSSR count). The van der Waals surface area contributed by atoms with Crippen LogP contribution in [0.4, 0.5) is 0 Å². The van der Waals surface area contributed by atoms with Gasteiger partial charge in [-0.2, -0.15) is 0 Å². The summed E-state index contributed by atoms with van der Waals surface area (Å²) >= 11 is 1.54. The van der Waals surface area contributed by atoms with E-state index >= 15 is 0 Å². The van der Waals surface area contributed by atoms with Crippen LogP contribution in [0.2, 0.25) is 0 Å². The highest BCUT2D eigenvalue weighted by atomic mass is 32.2. The predicted octanol–water partition coefficient (Wildman–Crippen LogP) is 2.88. The maximum Gasteiger partial charge on any atom is 0.313 e. The highest BCUT2D eigenvalue weighted by Crippen LogP contribution is 2.22. The van der Waals surface area contributed by atoms with Gasteiger partial charge in [0.25, 0.3) is 0 Å². The average molecular weight is 204 g/mol. The fraction of sp³-hybridized carbons (Fsp3) is 0.900. The van der Waals surface area contributed by atoms with E-state index in [1.165, 1.54) is 18.2 Å². The summed E-state index contributed by atoms with van der Waals surface area (Å²) in [6.45, 7) is 6.61. The van der Waals surface area contributed by atoms with Crippen LogP contribution in [0.5, 0.6) is 0 Å². The van der Waals surface area contributed by atoms with Crippen LogP contribution < -0.4 is 0 Å². The molecule has 0 spiro atoms. The van der Waals surface area contributed by atoms with Crippen LogP contribution in [0.15, 0.2) is 0 Å². The van der Waals surface area contributed by atoms with Crippen molar-refractivity contribution in [1.29, 1.82) is 0 Å². The summed E-state index contributed by atoms with van der Waals surface area (Å²) in [4.78, 5) is 10.3. The fourth-order valence-electron chi connectivity index (χ4n) is 1.32. The van der Waals surface area contributed by atoms with Crippen LogP contribution >= 0.6 is 11.8 Å². The SMILES string of the molecule is CCC(C)C(CC)CSCC(=O)O. The lowest BCUT2D eigenvalue weighted by Crippen LogP contribution is -2.14. The van der Waals surface area contributed by atoms with Gasteiger partial charge in [-0.05, 0) is 17.6 Å². The van der Waals surface area contributed by atoms with Crippen molar-refractivity contribution in [2.24, 2.45) is 11.8 Å². The number of rotatable bonds is 7. The van der Waals surface area contributed by atoms with E-state index < -0.39 is 5.97 Å². The maximum absolute atomic E-state index is 10.3. The van der Waals surface area contributed by atoms with Crippen molar-refractivity contribution in [1.82, 2.24) is 0 Å². The Bertz CT molecular complexity index is 148. The first kappa shape index (κ1) is 12.8. The molecule has 1 N–H and O–H groups in total. The first-order valence-corrected chi connectivity index (χ1v) is 6.06. The summed E-state index contributed by atoms with van der Waals surface area (Å²) < 4.78 is 0. The van der Waals surface area contributed by atoms with Crippen LogP contribution in [0.1, 0.15) is 33.6 Å². The fourth-order valence-corrected chi connectivity index (χ4v) is 2.47. The Labute approximate surface area is 85.1 Å². The molecule has 0 aliphatic heterocycles. The molecular weight excluding hydrogens is 184 g/mol. The zero-order valence-corrected chi connectivity index (χ0v) is 9.56. The van der Waals surface area contributed by atoms with Crippen LogP contribution in [0.25, 0.3) is 0 Å². The van der Waals surface area contributed by atoms with Gasteiger partial charge in [0.1, 0.15) is 0 Å². The second kappa shape index (κ2) is 7.25. The maximum atomic E-state index is 10.3. The predicted molar refractivity (Wildman–Crippen MR) is 58.2 cm³/mol. The minimum absolute atomic E-state index is 0.243. The Kier molecular flexibility index (Phi) is 7.14. The summed E-state index contributed by atoms with van der Waals surface area (Å²) in [6.07, 6.45) is 2.34. The van der Waals surface area contributed by atoms with Gasteiger partial charge in [-0.15, -0.1) is 11.8 Å². The topological polar surface area (TPSA) is 37.3 Å². The highest BCUT2D eigenvalue weighted by Gasteiger charge is 2.13. The Morgan fingerprint density at radius 3 is 2.38 bits per heavy atom. The lowest BCUT2D eigenvalue weighted by molar-refractivity contribution is -0.133. The van der Waals surface area contributed by atoms with Crippen molar-refractivity contribution >= 4 is 17.7 Å². The van der Waals surface area contributed by atoms with Crippen LogP contribution in [0, 0.1) is 11.8 Å². The third kappa shape index (κ3) is 5.97. The molecule has 0 aromatic carbocycles. The molecule has 0 aromatic rings. The van der Waals surface area contributed by atoms with E-state index in [0.717, 1.165) is 12.2 Å². The van der Waals surface area contributed by atoms with Crippen molar-refractivity contribution < 1.29 is 9.90 Å². The molecule has 13 heavy (non-hydrogen) atoms. The molecule has 0 bridgehead atoms. The number of hydrogen-bond donors (Lipinski definition) is 1. The Morgan fingerprint density at radius 2 is 2.00 bits per heavy atom. The molecule has 78 valence electrons. The number of hydrogen-bond acceptors (Lipinski definition) is 2. The molecular formula is C10H20O2S. The van der Waals surface area contributed by atoms with Gasteiger partial charge in [-0.3, -0.25) is 4.79 Å². The number of thioether (sulfide) groups is 1. The smallest absolute Gasteiger partial charge is 0.313 e. The van der Waals surface area contributed by atoms with Crippen molar-refractivity contribution in [2.45, 2.75) is 33.6 Å². The first-order valence-electron chi connectivity index (χ1n) is 4.91. The van der Waals surface area contributed by atoms with E-state index in [0.29, 0.717) is 11.8 Å². The van der Waals surface area contributed by atoms with Gasteiger partial charge < -0.3 is 5.11 Å². The lowest BCUT2D eigenvalue weighted by atomic mass is 9.91. The van der Waals surface area contributed by atoms with Gasteiger partial charge >= 0.3 is 5.97 Å². The Hall–Kier alpha value is -0.180. The van der Waals surface area contributed by atoms with Gasteiger partial charge in [-0.25, -0.2) is 0 Å². The standard InChI is InChI=1S/C10H20O2S/c1-4-8(3)9(5-2)6-13-7-10(11)12/h8-9H,4-7H2,1-3H3,(H,11,12). The highest BCUT2D eigenvalue weighted by molar-refractivity contribution is 7.99. The second-order valence-electron chi connectivity index (χ2n) is 3.46. The van der Waals surface area contributed by atoms with Crippen molar-refractivity contribution in [3.8, 4) is 0 Å². The van der Waals surface area contributed by atoms with Gasteiger partial charge in [0.2, 0.25) is 0 Å². The summed E-state index contributed by atoms with van der Waals surface area (Å²) in [5, 5.41) is 8.47. The monoisotopic (exact) mass is 204 g/mol. The van der Waals surface area contributed by atoms with E-state index in [4.69, 9.17) is 5.11 Å². The third-order valence-electron chi connectivity index (χ3n) is 2.53. The molecule has 0 amide bonds. The van der Waals surface area contributed by atoms with Gasteiger partial charge in [0.05, 0.1) is 5.75 Å². The summed E-state index contributed by atoms with van der Waals surface area (Å²) in [5.74, 6) is 1.91. The first-order chi connectivity index (χ1) is 6.11. The zero-order valence-electron chi connectivity index (χ0n) is 8.75.